The molecule has 0 heterocycles. The zero-order valence-electron chi connectivity index (χ0n) is 13.7. The zero-order chi connectivity index (χ0) is 16.2. The third kappa shape index (κ3) is 5.30. The molecule has 1 unspecified atom stereocenters. The van der Waals surface area contributed by atoms with Crippen LogP contribution in [0.5, 0.6) is 0 Å². The maximum Gasteiger partial charge on any atom is 0.347 e. The smallest absolute Gasteiger partial charge is 0.347 e. The number of carbonyl (C=O) groups excluding carboxylic acids is 2. The summed E-state index contributed by atoms with van der Waals surface area (Å²) >= 11 is 0. The zero-order valence-corrected chi connectivity index (χ0v) is 13.7. The van der Waals surface area contributed by atoms with Crippen LogP contribution < -0.4 is 0 Å². The van der Waals surface area contributed by atoms with Crippen molar-refractivity contribution in [1.82, 2.24) is 0 Å². The van der Waals surface area contributed by atoms with Gasteiger partial charge < -0.3 is 14.6 Å². The van der Waals surface area contributed by atoms with Gasteiger partial charge in [0.1, 0.15) is 12.2 Å². The first-order valence-corrected chi connectivity index (χ1v) is 7.81. The van der Waals surface area contributed by atoms with Crippen molar-refractivity contribution in [2.45, 2.75) is 72.2 Å². The fourth-order valence-electron chi connectivity index (χ4n) is 2.82. The number of ether oxygens (including phenoxy) is 2. The SMILES string of the molecule is CC(O)C(=O)O[C@@H](C)C(=O)O[C@@H]1C[C@H](C)CC[C@H]1C(C)C. The molecular formula is C16H28O5. The van der Waals surface area contributed by atoms with Crippen LogP contribution in [0.15, 0.2) is 0 Å². The number of hydrogen-bond acceptors (Lipinski definition) is 5. The number of rotatable bonds is 5. The highest BCUT2D eigenvalue weighted by Gasteiger charge is 2.35. The molecule has 5 heteroatoms. The number of carbonyl (C=O) groups is 2. The van der Waals surface area contributed by atoms with E-state index in [9.17, 15) is 9.59 Å². The van der Waals surface area contributed by atoms with Crippen molar-refractivity contribution in [1.29, 1.82) is 0 Å². The van der Waals surface area contributed by atoms with Gasteiger partial charge in [0.05, 0.1) is 0 Å². The van der Waals surface area contributed by atoms with Gasteiger partial charge in [0.15, 0.2) is 6.10 Å². The molecule has 122 valence electrons. The fraction of sp³-hybridized carbons (Fsp3) is 0.875. The van der Waals surface area contributed by atoms with E-state index < -0.39 is 24.1 Å². The minimum atomic E-state index is -1.24. The largest absolute Gasteiger partial charge is 0.459 e. The Kier molecular flexibility index (Phi) is 6.65. The summed E-state index contributed by atoms with van der Waals surface area (Å²) in [6.45, 7) is 9.21. The molecule has 0 aromatic heterocycles. The van der Waals surface area contributed by atoms with Gasteiger partial charge in [-0.1, -0.05) is 27.2 Å². The molecule has 1 aliphatic rings. The fourth-order valence-corrected chi connectivity index (χ4v) is 2.82. The van der Waals surface area contributed by atoms with Crippen molar-refractivity contribution in [2.24, 2.45) is 17.8 Å². The van der Waals surface area contributed by atoms with Crippen molar-refractivity contribution in [3.05, 3.63) is 0 Å². The van der Waals surface area contributed by atoms with E-state index in [1.54, 1.807) is 0 Å². The molecule has 5 nitrogen and oxygen atoms in total. The van der Waals surface area contributed by atoms with Gasteiger partial charge in [-0.25, -0.2) is 9.59 Å². The van der Waals surface area contributed by atoms with Crippen LogP contribution in [0.3, 0.4) is 0 Å². The van der Waals surface area contributed by atoms with Crippen LogP contribution >= 0.6 is 0 Å². The third-order valence-corrected chi connectivity index (χ3v) is 4.19. The van der Waals surface area contributed by atoms with Crippen LogP contribution in [0.25, 0.3) is 0 Å². The second-order valence-electron chi connectivity index (χ2n) is 6.56. The highest BCUT2D eigenvalue weighted by atomic mass is 16.6. The van der Waals surface area contributed by atoms with Gasteiger partial charge in [-0.15, -0.1) is 0 Å². The summed E-state index contributed by atoms with van der Waals surface area (Å²) in [5.41, 5.74) is 0. The Morgan fingerprint density at radius 1 is 1.10 bits per heavy atom. The Hall–Kier alpha value is -1.10. The lowest BCUT2D eigenvalue weighted by atomic mass is 9.75. The van der Waals surface area contributed by atoms with Crippen LogP contribution in [-0.2, 0) is 19.1 Å². The number of esters is 2. The van der Waals surface area contributed by atoms with Gasteiger partial charge in [-0.3, -0.25) is 0 Å². The van der Waals surface area contributed by atoms with E-state index in [0.717, 1.165) is 19.3 Å². The van der Waals surface area contributed by atoms with Crippen molar-refractivity contribution < 1.29 is 24.2 Å². The average molecular weight is 300 g/mol. The molecule has 21 heavy (non-hydrogen) atoms. The van der Waals surface area contributed by atoms with Gasteiger partial charge >= 0.3 is 11.9 Å². The van der Waals surface area contributed by atoms with Gasteiger partial charge in [-0.05, 0) is 44.4 Å². The quantitative estimate of drug-likeness (QED) is 0.789. The molecule has 1 fully saturated rings. The highest BCUT2D eigenvalue weighted by Crippen LogP contribution is 2.35. The molecule has 0 radical (unpaired) electrons. The molecule has 0 spiro atoms. The molecule has 0 bridgehead atoms. The summed E-state index contributed by atoms with van der Waals surface area (Å²) in [4.78, 5) is 23.4. The summed E-state index contributed by atoms with van der Waals surface area (Å²) < 4.78 is 10.5. The van der Waals surface area contributed by atoms with Crippen LogP contribution in [0.2, 0.25) is 0 Å². The molecule has 0 aliphatic heterocycles. The van der Waals surface area contributed by atoms with E-state index >= 15 is 0 Å². The highest BCUT2D eigenvalue weighted by molar-refractivity contribution is 5.80. The maximum atomic E-state index is 12.1. The Morgan fingerprint density at radius 3 is 2.24 bits per heavy atom. The lowest BCUT2D eigenvalue weighted by molar-refractivity contribution is -0.178. The van der Waals surface area contributed by atoms with Crippen LogP contribution in [-0.4, -0.2) is 35.4 Å². The normalized spacial score (nSPS) is 28.8. The Morgan fingerprint density at radius 2 is 1.71 bits per heavy atom. The monoisotopic (exact) mass is 300 g/mol. The molecule has 0 amide bonds. The topological polar surface area (TPSA) is 72.8 Å². The van der Waals surface area contributed by atoms with Crippen molar-refractivity contribution in [3.63, 3.8) is 0 Å². The minimum Gasteiger partial charge on any atom is -0.459 e. The molecular weight excluding hydrogens is 272 g/mol. The summed E-state index contributed by atoms with van der Waals surface area (Å²) in [6.07, 6.45) is 0.720. The third-order valence-electron chi connectivity index (χ3n) is 4.19. The molecule has 1 aliphatic carbocycles. The number of aliphatic hydroxyl groups excluding tert-OH is 1. The van der Waals surface area contributed by atoms with Crippen molar-refractivity contribution >= 4 is 11.9 Å². The molecule has 0 saturated heterocycles. The van der Waals surface area contributed by atoms with Gasteiger partial charge in [0.2, 0.25) is 0 Å². The first-order chi connectivity index (χ1) is 9.72. The summed E-state index contributed by atoms with van der Waals surface area (Å²) in [7, 11) is 0. The van der Waals surface area contributed by atoms with Gasteiger partial charge in [0.25, 0.3) is 0 Å². The molecule has 1 rings (SSSR count). The van der Waals surface area contributed by atoms with E-state index in [-0.39, 0.29) is 6.10 Å². The number of hydrogen-bond donors (Lipinski definition) is 1. The van der Waals surface area contributed by atoms with E-state index in [0.29, 0.717) is 17.8 Å². The minimum absolute atomic E-state index is 0.117. The molecule has 5 atom stereocenters. The van der Waals surface area contributed by atoms with Crippen LogP contribution in [0.4, 0.5) is 0 Å². The number of aliphatic hydroxyl groups is 1. The van der Waals surface area contributed by atoms with Gasteiger partial charge in [0, 0.05) is 0 Å². The van der Waals surface area contributed by atoms with Crippen molar-refractivity contribution in [2.75, 3.05) is 0 Å². The maximum absolute atomic E-state index is 12.1. The van der Waals surface area contributed by atoms with Crippen LogP contribution in [0.1, 0.15) is 53.9 Å². The Bertz CT molecular complexity index is 364. The molecule has 1 N–H and O–H groups in total. The predicted octanol–water partition coefficient (Wildman–Crippen LogP) is 2.30. The van der Waals surface area contributed by atoms with Crippen LogP contribution in [0, 0.1) is 17.8 Å². The van der Waals surface area contributed by atoms with E-state index in [1.165, 1.54) is 13.8 Å². The summed E-state index contributed by atoms with van der Waals surface area (Å²) in [5.74, 6) is -0.00539. The molecule has 0 aromatic carbocycles. The van der Waals surface area contributed by atoms with Gasteiger partial charge in [-0.2, -0.15) is 0 Å². The molecule has 1 saturated carbocycles. The first-order valence-electron chi connectivity index (χ1n) is 7.81. The predicted molar refractivity (Wildman–Crippen MR) is 78.5 cm³/mol. The second kappa shape index (κ2) is 7.78. The first kappa shape index (κ1) is 18.0. The average Bonchev–Trinajstić information content (AvgIpc) is 2.37. The van der Waals surface area contributed by atoms with E-state index in [2.05, 4.69) is 20.8 Å². The summed E-state index contributed by atoms with van der Waals surface area (Å²) in [6, 6.07) is 0. The Labute approximate surface area is 127 Å². The molecule has 0 aromatic rings. The Balaban J connectivity index is 2.59. The van der Waals surface area contributed by atoms with E-state index in [4.69, 9.17) is 14.6 Å². The lowest BCUT2D eigenvalue weighted by Gasteiger charge is -2.37. The van der Waals surface area contributed by atoms with E-state index in [1.807, 2.05) is 0 Å². The lowest BCUT2D eigenvalue weighted by Crippen LogP contribution is -2.39. The summed E-state index contributed by atoms with van der Waals surface area (Å²) in [5, 5.41) is 9.10. The van der Waals surface area contributed by atoms with Crippen molar-refractivity contribution in [3.8, 4) is 0 Å². The standard InChI is InChI=1S/C16H28O5/c1-9(2)13-7-6-10(3)8-14(13)21-16(19)12(5)20-15(18)11(4)17/h9-14,17H,6-8H2,1-5H3/t10-,11?,12+,13+,14-/m1/s1. The second-order valence-corrected chi connectivity index (χ2v) is 6.56.